The van der Waals surface area contributed by atoms with Gasteiger partial charge in [0.2, 0.25) is 0 Å². The lowest BCUT2D eigenvalue weighted by Gasteiger charge is -2.25. The first kappa shape index (κ1) is 12.1. The molecule has 3 rings (SSSR count). The number of hydrogen-bond donors (Lipinski definition) is 1. The van der Waals surface area contributed by atoms with Gasteiger partial charge in [-0.15, -0.1) is 5.10 Å². The minimum atomic E-state index is 0.548. The maximum absolute atomic E-state index is 4.25. The van der Waals surface area contributed by atoms with E-state index in [1.54, 1.807) is 0 Å². The van der Waals surface area contributed by atoms with Gasteiger partial charge in [-0.2, -0.15) is 0 Å². The highest BCUT2D eigenvalue weighted by Gasteiger charge is 2.22. The molecule has 0 aromatic carbocycles. The molecule has 1 aromatic rings. The van der Waals surface area contributed by atoms with Crippen LogP contribution in [0.25, 0.3) is 0 Å². The number of aromatic nitrogens is 4. The molecule has 2 aliphatic rings. The SMILES string of the molecule is C1CCC(n2nnnc2CC2CCCCN2)CC1. The van der Waals surface area contributed by atoms with Crippen molar-refractivity contribution < 1.29 is 0 Å². The largest absolute Gasteiger partial charge is 0.314 e. The summed E-state index contributed by atoms with van der Waals surface area (Å²) in [5, 5.41) is 16.0. The highest BCUT2D eigenvalue weighted by molar-refractivity contribution is 4.91. The predicted molar refractivity (Wildman–Crippen MR) is 69.3 cm³/mol. The van der Waals surface area contributed by atoms with Gasteiger partial charge in [0.15, 0.2) is 5.82 Å². The van der Waals surface area contributed by atoms with Crippen LogP contribution in [0.3, 0.4) is 0 Å². The quantitative estimate of drug-likeness (QED) is 0.888. The predicted octanol–water partition coefficient (Wildman–Crippen LogP) is 1.86. The molecular weight excluding hydrogens is 226 g/mol. The molecule has 5 nitrogen and oxygen atoms in total. The van der Waals surface area contributed by atoms with Gasteiger partial charge in [-0.25, -0.2) is 4.68 Å². The lowest BCUT2D eigenvalue weighted by Crippen LogP contribution is -2.36. The summed E-state index contributed by atoms with van der Waals surface area (Å²) in [5.74, 6) is 1.08. The number of hydrogen-bond acceptors (Lipinski definition) is 4. The monoisotopic (exact) mass is 249 g/mol. The average Bonchev–Trinajstić information content (AvgIpc) is 2.89. The summed E-state index contributed by atoms with van der Waals surface area (Å²) in [6, 6.07) is 1.12. The molecule has 1 atom stereocenters. The van der Waals surface area contributed by atoms with E-state index in [9.17, 15) is 0 Å². The number of rotatable bonds is 3. The minimum Gasteiger partial charge on any atom is -0.314 e. The Kier molecular flexibility index (Phi) is 3.88. The van der Waals surface area contributed by atoms with Gasteiger partial charge in [0, 0.05) is 12.5 Å². The Balaban J connectivity index is 1.66. The zero-order valence-electron chi connectivity index (χ0n) is 11.0. The Bertz CT molecular complexity index is 363. The third-order valence-corrected chi connectivity index (χ3v) is 4.32. The number of tetrazole rings is 1. The minimum absolute atomic E-state index is 0.548. The van der Waals surface area contributed by atoms with Gasteiger partial charge in [-0.3, -0.25) is 0 Å². The van der Waals surface area contributed by atoms with Crippen LogP contribution in [0.5, 0.6) is 0 Å². The van der Waals surface area contributed by atoms with Crippen LogP contribution in [0, 0.1) is 0 Å². The fourth-order valence-electron chi connectivity index (χ4n) is 3.27. The van der Waals surface area contributed by atoms with Gasteiger partial charge in [0.05, 0.1) is 6.04 Å². The second-order valence-corrected chi connectivity index (χ2v) is 5.68. The van der Waals surface area contributed by atoms with E-state index in [0.717, 1.165) is 18.8 Å². The third kappa shape index (κ3) is 2.71. The molecule has 2 fully saturated rings. The fraction of sp³-hybridized carbons (Fsp3) is 0.923. The van der Waals surface area contributed by atoms with Gasteiger partial charge in [0.1, 0.15) is 0 Å². The summed E-state index contributed by atoms with van der Waals surface area (Å²) in [6.45, 7) is 1.15. The Hall–Kier alpha value is -0.970. The van der Waals surface area contributed by atoms with Crippen molar-refractivity contribution in [2.24, 2.45) is 0 Å². The van der Waals surface area contributed by atoms with Crippen LogP contribution in [-0.2, 0) is 6.42 Å². The number of nitrogens with zero attached hydrogens (tertiary/aromatic N) is 4. The molecule has 1 N–H and O–H groups in total. The second-order valence-electron chi connectivity index (χ2n) is 5.68. The third-order valence-electron chi connectivity index (χ3n) is 4.32. The highest BCUT2D eigenvalue weighted by Crippen LogP contribution is 2.28. The highest BCUT2D eigenvalue weighted by atomic mass is 15.5. The summed E-state index contributed by atoms with van der Waals surface area (Å²) in [5.41, 5.74) is 0. The van der Waals surface area contributed by atoms with Crippen molar-refractivity contribution in [1.82, 2.24) is 25.5 Å². The Morgan fingerprint density at radius 1 is 1.06 bits per heavy atom. The van der Waals surface area contributed by atoms with Crippen molar-refractivity contribution >= 4 is 0 Å². The van der Waals surface area contributed by atoms with Crippen molar-refractivity contribution in [3.63, 3.8) is 0 Å². The summed E-state index contributed by atoms with van der Waals surface area (Å²) in [6.07, 6.45) is 11.4. The molecule has 1 saturated heterocycles. The molecule has 0 amide bonds. The molecule has 1 saturated carbocycles. The van der Waals surface area contributed by atoms with E-state index in [1.165, 1.54) is 51.4 Å². The van der Waals surface area contributed by atoms with Gasteiger partial charge < -0.3 is 5.32 Å². The summed E-state index contributed by atoms with van der Waals surface area (Å²) >= 11 is 0. The summed E-state index contributed by atoms with van der Waals surface area (Å²) in [4.78, 5) is 0. The van der Waals surface area contributed by atoms with Crippen LogP contribution in [0.15, 0.2) is 0 Å². The van der Waals surface area contributed by atoms with Crippen LogP contribution in [0.1, 0.15) is 63.2 Å². The van der Waals surface area contributed by atoms with E-state index < -0.39 is 0 Å². The topological polar surface area (TPSA) is 55.6 Å². The average molecular weight is 249 g/mol. The first-order valence-electron chi connectivity index (χ1n) is 7.43. The van der Waals surface area contributed by atoms with Crippen molar-refractivity contribution in [1.29, 1.82) is 0 Å². The van der Waals surface area contributed by atoms with Gasteiger partial charge in [0.25, 0.3) is 0 Å². The molecule has 2 heterocycles. The van der Waals surface area contributed by atoms with E-state index in [0.29, 0.717) is 12.1 Å². The molecule has 1 aliphatic heterocycles. The number of nitrogens with one attached hydrogen (secondary N) is 1. The summed E-state index contributed by atoms with van der Waals surface area (Å²) in [7, 11) is 0. The maximum Gasteiger partial charge on any atom is 0.153 e. The van der Waals surface area contributed by atoms with Crippen molar-refractivity contribution in [2.45, 2.75) is 69.9 Å². The zero-order valence-corrected chi connectivity index (χ0v) is 11.0. The van der Waals surface area contributed by atoms with Crippen LogP contribution in [0.4, 0.5) is 0 Å². The second kappa shape index (κ2) is 5.78. The maximum atomic E-state index is 4.25. The molecule has 0 radical (unpaired) electrons. The summed E-state index contributed by atoms with van der Waals surface area (Å²) < 4.78 is 2.11. The van der Waals surface area contributed by atoms with Crippen LogP contribution < -0.4 is 5.32 Å². The van der Waals surface area contributed by atoms with E-state index in [-0.39, 0.29) is 0 Å². The van der Waals surface area contributed by atoms with E-state index >= 15 is 0 Å². The smallest absolute Gasteiger partial charge is 0.153 e. The first-order valence-corrected chi connectivity index (χ1v) is 7.43. The fourth-order valence-corrected chi connectivity index (χ4v) is 3.27. The molecule has 1 aliphatic carbocycles. The van der Waals surface area contributed by atoms with E-state index in [1.807, 2.05) is 0 Å². The van der Waals surface area contributed by atoms with Gasteiger partial charge in [-0.05, 0) is 42.7 Å². The van der Waals surface area contributed by atoms with Gasteiger partial charge in [-0.1, -0.05) is 25.7 Å². The Morgan fingerprint density at radius 3 is 2.67 bits per heavy atom. The first-order chi connectivity index (χ1) is 8.93. The van der Waals surface area contributed by atoms with Crippen LogP contribution in [0.2, 0.25) is 0 Å². The molecule has 0 bridgehead atoms. The van der Waals surface area contributed by atoms with Gasteiger partial charge >= 0.3 is 0 Å². The lowest BCUT2D eigenvalue weighted by atomic mass is 9.95. The standard InChI is InChI=1S/C13H23N5/c1-2-7-12(8-3-1)18-13(15-16-17-18)10-11-6-4-5-9-14-11/h11-12,14H,1-10H2. The molecular formula is C13H23N5. The Morgan fingerprint density at radius 2 is 1.89 bits per heavy atom. The molecule has 5 heteroatoms. The van der Waals surface area contributed by atoms with Crippen LogP contribution in [-0.4, -0.2) is 32.8 Å². The molecule has 18 heavy (non-hydrogen) atoms. The molecule has 1 aromatic heterocycles. The van der Waals surface area contributed by atoms with Crippen molar-refractivity contribution in [2.75, 3.05) is 6.54 Å². The molecule has 0 spiro atoms. The van der Waals surface area contributed by atoms with Crippen LogP contribution >= 0.6 is 0 Å². The van der Waals surface area contributed by atoms with Crippen molar-refractivity contribution in [3.05, 3.63) is 5.82 Å². The molecule has 1 unspecified atom stereocenters. The number of piperidine rings is 1. The van der Waals surface area contributed by atoms with E-state index in [2.05, 4.69) is 25.5 Å². The zero-order chi connectivity index (χ0) is 12.2. The van der Waals surface area contributed by atoms with Crippen molar-refractivity contribution in [3.8, 4) is 0 Å². The van der Waals surface area contributed by atoms with E-state index in [4.69, 9.17) is 0 Å². The lowest BCUT2D eigenvalue weighted by molar-refractivity contribution is 0.309. The Labute approximate surface area is 108 Å². The normalized spacial score (nSPS) is 26.3. The molecule has 100 valence electrons.